The number of phosphoric acid groups is 1. The molecule has 5 atom stereocenters. The van der Waals surface area contributed by atoms with Gasteiger partial charge in [-0.3, -0.25) is 42.8 Å². The lowest BCUT2D eigenvalue weighted by Crippen LogP contribution is -2.31. The number of Topliss-reactive ketones (excluding diaryl/α,β-unsaturated/α-hetero) is 1. The highest BCUT2D eigenvalue weighted by molar-refractivity contribution is 8.77. The molecule has 0 saturated carbocycles. The maximum absolute atomic E-state index is 14.2. The van der Waals surface area contributed by atoms with Gasteiger partial charge in [0.15, 0.2) is 21.1 Å². The topological polar surface area (TPSA) is 441 Å². The molecule has 0 bridgehead atoms. The molecule has 1 aromatic heterocycles. The van der Waals surface area contributed by atoms with Crippen LogP contribution in [-0.4, -0.2) is 167 Å². The van der Waals surface area contributed by atoms with Crippen molar-refractivity contribution < 1.29 is 92.1 Å². The van der Waals surface area contributed by atoms with Gasteiger partial charge < -0.3 is 64.9 Å². The number of nitrogen functional groups attached to an aromatic ring is 2. The Kier molecular flexibility index (Phi) is 27.4. The van der Waals surface area contributed by atoms with Crippen LogP contribution in [0.15, 0.2) is 98.0 Å². The molecule has 3 aliphatic rings. The van der Waals surface area contributed by atoms with E-state index >= 15 is 0 Å². The number of aromatic nitrogens is 2. The highest BCUT2D eigenvalue weighted by atomic mass is 33.1. The van der Waals surface area contributed by atoms with E-state index in [4.69, 9.17) is 45.0 Å². The number of benzene rings is 4. The van der Waals surface area contributed by atoms with Gasteiger partial charge in [-0.1, -0.05) is 100 Å². The first-order valence-corrected chi connectivity index (χ1v) is 38.5. The number of hydrogen-bond donors (Lipinski definition) is 9. The van der Waals surface area contributed by atoms with Crippen molar-refractivity contribution in [1.82, 2.24) is 25.1 Å². The number of nitrogens with two attached hydrogens (primary N) is 2. The average molecular weight is 1470 g/mol. The smallest absolute Gasteiger partial charge is 0.469 e. The fourth-order valence-electron chi connectivity index (χ4n) is 9.67. The fourth-order valence-corrected chi connectivity index (χ4v) is 15.1. The number of rotatable bonds is 33. The quantitative estimate of drug-likeness (QED) is 0.00300. The molecule has 3 amide bonds. The lowest BCUT2D eigenvalue weighted by atomic mass is 9.90. The maximum atomic E-state index is 14.2. The first-order valence-electron chi connectivity index (χ1n) is 29.3. The molecule has 0 radical (unpaired) electrons. The second-order valence-electron chi connectivity index (χ2n) is 22.3. The molecule has 1 fully saturated rings. The first-order chi connectivity index (χ1) is 45.2. The summed E-state index contributed by atoms with van der Waals surface area (Å²) in [6.07, 6.45) is 1.55. The summed E-state index contributed by atoms with van der Waals surface area (Å²) in [7, 11) is -7.73. The number of phosphoric ester groups is 1. The third kappa shape index (κ3) is 22.0. The van der Waals surface area contributed by atoms with Crippen LogP contribution >= 0.6 is 51.0 Å². The monoisotopic (exact) mass is 1460 g/mol. The lowest BCUT2D eigenvalue weighted by molar-refractivity contribution is -0.126. The zero-order valence-electron chi connectivity index (χ0n) is 52.7. The summed E-state index contributed by atoms with van der Waals surface area (Å²) < 4.78 is 124. The van der Waals surface area contributed by atoms with Crippen molar-refractivity contribution in [2.45, 2.75) is 104 Å². The molecular formula is C60H73N8O21PS6. The zero-order valence-corrected chi connectivity index (χ0v) is 58.5. The van der Waals surface area contributed by atoms with Crippen LogP contribution in [0.3, 0.4) is 0 Å². The molecule has 0 spiro atoms. The van der Waals surface area contributed by atoms with Gasteiger partial charge in [0.05, 0.1) is 49.1 Å². The summed E-state index contributed by atoms with van der Waals surface area (Å²) in [5.74, 6) is 3.62. The Morgan fingerprint density at radius 1 is 0.948 bits per heavy atom. The summed E-state index contributed by atoms with van der Waals surface area (Å²) in [6, 6.07) is 17.6. The number of carbonyl (C=O) groups is 4. The summed E-state index contributed by atoms with van der Waals surface area (Å²) in [5.41, 5.74) is 10.1. The lowest BCUT2D eigenvalue weighted by Gasteiger charge is -2.22. The van der Waals surface area contributed by atoms with E-state index in [1.807, 2.05) is 27.0 Å². The largest absolute Gasteiger partial charge is 0.490 e. The molecule has 1 aliphatic carbocycles. The van der Waals surface area contributed by atoms with Crippen LogP contribution < -0.4 is 37.9 Å². The predicted octanol–water partition coefficient (Wildman–Crippen LogP) is 6.76. The number of carbonyl (C=O) groups excluding carboxylic acids is 4. The van der Waals surface area contributed by atoms with E-state index in [-0.39, 0.29) is 127 Å². The molecule has 2 aliphatic heterocycles. The van der Waals surface area contributed by atoms with Crippen molar-refractivity contribution in [3.63, 3.8) is 0 Å². The summed E-state index contributed by atoms with van der Waals surface area (Å²) in [5, 5.41) is 13.0. The molecule has 96 heavy (non-hydrogen) atoms. The van der Waals surface area contributed by atoms with Crippen molar-refractivity contribution in [2.24, 2.45) is 0 Å². The second kappa shape index (κ2) is 34.3. The number of nitrogens with one attached hydrogen (secondary N) is 3. The standard InChI is InChI=1S/C60H73N8O21PS6/c1-35(92-91-6)87-46-30-49(88-47(46)32-86-90(74,75)76)68-31-37(56(63)66-59(68)73)14-10-24-64-48(70)33-83-27-28-84-50(93-94-60(2,3)4)34-85-39-17-9-13-36(29-39)57(71)65-25-11-15-38(69)16-12-26-67(5)58(72)41-19-8-7-18-40(41)51-42-20-22-44(61)54(95(77,78)79)52(42)89-53-43(51)21-23-45(62)55(53)96(80,81)82/h7-9,13,17-23,29,31,35,46-47,49-50,61H,11-12,15-16,24-28,30,32-34,62H2,1-6H3,(H,64,70)(H,65,71)(H2,63,66,73)(H2,74,75,76)(H,77,78,79)(H,80,81,82)/t35-,46?,47-,49-,50?/m1/s1. The molecule has 36 heteroatoms. The van der Waals surface area contributed by atoms with Gasteiger partial charge in [0.2, 0.25) is 5.91 Å². The molecule has 3 heterocycles. The van der Waals surface area contributed by atoms with E-state index in [0.29, 0.717) is 17.7 Å². The summed E-state index contributed by atoms with van der Waals surface area (Å²) >= 11 is 0. The molecule has 3 aromatic carbocycles. The normalized spacial score (nSPS) is 15.8. The van der Waals surface area contributed by atoms with E-state index in [1.54, 1.807) is 54.1 Å². The van der Waals surface area contributed by atoms with Crippen molar-refractivity contribution in [2.75, 3.05) is 77.4 Å². The van der Waals surface area contributed by atoms with E-state index in [0.717, 1.165) is 10.6 Å². The van der Waals surface area contributed by atoms with Crippen LogP contribution in [0.25, 0.3) is 33.4 Å². The van der Waals surface area contributed by atoms with Crippen LogP contribution in [0, 0.1) is 17.3 Å². The molecule has 29 nitrogen and oxygen atoms in total. The Morgan fingerprint density at radius 2 is 1.68 bits per heavy atom. The van der Waals surface area contributed by atoms with E-state index in [9.17, 15) is 64.3 Å². The zero-order chi connectivity index (χ0) is 70.3. The highest BCUT2D eigenvalue weighted by Gasteiger charge is 2.40. The number of nitrogens with zero attached hydrogens (tertiary/aromatic N) is 3. The number of amides is 3. The predicted molar refractivity (Wildman–Crippen MR) is 363 cm³/mol. The number of hydrogen-bond acceptors (Lipinski definition) is 25. The number of ether oxygens (including phenoxy) is 5. The van der Waals surface area contributed by atoms with Gasteiger partial charge in [-0.25, -0.2) is 9.36 Å². The van der Waals surface area contributed by atoms with Crippen LogP contribution in [0.4, 0.5) is 11.5 Å². The van der Waals surface area contributed by atoms with Gasteiger partial charge >= 0.3 is 13.5 Å². The number of anilines is 2. The Labute approximate surface area is 568 Å². The van der Waals surface area contributed by atoms with Crippen LogP contribution in [0.1, 0.15) is 92.3 Å². The minimum atomic E-state index is -5.18. The van der Waals surface area contributed by atoms with Crippen LogP contribution in [0.2, 0.25) is 0 Å². The van der Waals surface area contributed by atoms with Crippen molar-refractivity contribution in [3.05, 3.63) is 112 Å². The van der Waals surface area contributed by atoms with E-state index < -0.39 is 114 Å². The van der Waals surface area contributed by atoms with Gasteiger partial charge in [-0.15, -0.1) is 0 Å². The fraction of sp³-hybridized carbons (Fsp3) is 0.417. The molecule has 11 N–H and O–H groups in total. The number of ketones is 1. The third-order valence-electron chi connectivity index (χ3n) is 13.9. The Morgan fingerprint density at radius 3 is 2.39 bits per heavy atom. The molecule has 1 saturated heterocycles. The van der Waals surface area contributed by atoms with Crippen LogP contribution in [-0.2, 0) is 57.9 Å². The van der Waals surface area contributed by atoms with Gasteiger partial charge in [-0.05, 0) is 80.1 Å². The first kappa shape index (κ1) is 76.8. The van der Waals surface area contributed by atoms with Crippen molar-refractivity contribution >= 4 is 117 Å². The highest BCUT2D eigenvalue weighted by Crippen LogP contribution is 2.46. The molecule has 4 aromatic rings. The molecule has 520 valence electrons. The van der Waals surface area contributed by atoms with Gasteiger partial charge in [0.25, 0.3) is 32.1 Å². The molecule has 7 rings (SSSR count). The number of fused-ring (bicyclic) bond motifs is 2. The Bertz CT molecular complexity index is 4250. The maximum Gasteiger partial charge on any atom is 0.469 e. The Hall–Kier alpha value is -6.56. The minimum absolute atomic E-state index is 0.0139. The van der Waals surface area contributed by atoms with E-state index in [1.165, 1.54) is 80.9 Å². The van der Waals surface area contributed by atoms with Crippen molar-refractivity contribution in [3.8, 4) is 40.0 Å². The second-order valence-corrected chi connectivity index (χ2v) is 32.2. The van der Waals surface area contributed by atoms with Gasteiger partial charge in [0, 0.05) is 78.0 Å². The Balaban J connectivity index is 0.843. The summed E-state index contributed by atoms with van der Waals surface area (Å²) in [6.45, 7) is 7.51. The van der Waals surface area contributed by atoms with Gasteiger partial charge in [-0.2, -0.15) is 21.8 Å². The minimum Gasteiger partial charge on any atom is -0.490 e. The van der Waals surface area contributed by atoms with Gasteiger partial charge in [0.1, 0.15) is 53.8 Å². The molecular weight excluding hydrogens is 1390 g/mol. The van der Waals surface area contributed by atoms with E-state index in [2.05, 4.69) is 32.0 Å². The SMILES string of the molecule is CSS[C@H](C)OC1C[C@H](n2cc(C#CCNC(=O)COCCOC(COc3cccc(C(=O)NCCCC(=O)CCCN(C)C(=O)c4ccccc4-c4c5ccc(=N)c(S(=O)(=O)O)c-5oc5c(S(=O)(=O)O)c(N)ccc45)c3)SSC(C)(C)C)c(N)nc2=O)O[C@@H]1COP(=O)(O)O. The average Bonchev–Trinajstić information content (AvgIpc) is 0.832. The van der Waals surface area contributed by atoms with Crippen LogP contribution in [0.5, 0.6) is 5.75 Å². The third-order valence-corrected chi connectivity index (χ3v) is 21.7. The summed E-state index contributed by atoms with van der Waals surface area (Å²) in [4.78, 5) is 88.0. The van der Waals surface area contributed by atoms with Crippen molar-refractivity contribution in [1.29, 1.82) is 5.41 Å². The molecule has 2 unspecified atom stereocenters.